The van der Waals surface area contributed by atoms with Crippen LogP contribution in [0.1, 0.15) is 49.2 Å². The Morgan fingerprint density at radius 3 is 2.70 bits per heavy atom. The summed E-state index contributed by atoms with van der Waals surface area (Å²) in [5.74, 6) is 0.0158. The van der Waals surface area contributed by atoms with E-state index in [9.17, 15) is 4.39 Å². The number of nitrogens with zero attached hydrogens (tertiary/aromatic N) is 2. The summed E-state index contributed by atoms with van der Waals surface area (Å²) in [4.78, 5) is 9.12. The quantitative estimate of drug-likeness (QED) is 0.411. The molecule has 5 nitrogen and oxygen atoms in total. The first kappa shape index (κ1) is 21.5. The Kier molecular flexibility index (Phi) is 5.35. The van der Waals surface area contributed by atoms with Crippen LogP contribution < -0.4 is 16.4 Å². The molecule has 4 N–H and O–H groups in total. The Balaban J connectivity index is 1.63. The summed E-state index contributed by atoms with van der Waals surface area (Å²) in [5.41, 5.74) is 13.0. The maximum Gasteiger partial charge on any atom is 0.220 e. The maximum atomic E-state index is 14.1. The molecule has 1 aliphatic heterocycles. The summed E-state index contributed by atoms with van der Waals surface area (Å²) in [5, 5.41) is 7.98. The van der Waals surface area contributed by atoms with Gasteiger partial charge in [0.15, 0.2) is 0 Å². The fourth-order valence-corrected chi connectivity index (χ4v) is 4.45. The standard InChI is InChI=1S/C27H28FN5/c1-27(2,3)31-15-18-12-19(28)9-10-20(18)16-8-11-23-22(13-16)25(33-26(29)32-23)24-21-7-5-4-6-17(21)14-30-24/h4-13,24,30-31H,14-15H2,1-3H3,(H2,29,32,33). The number of nitrogens with two attached hydrogens (primary N) is 1. The number of halogens is 1. The van der Waals surface area contributed by atoms with Crippen LogP contribution in [0.25, 0.3) is 22.0 Å². The lowest BCUT2D eigenvalue weighted by Gasteiger charge is -2.22. The number of hydrogen-bond acceptors (Lipinski definition) is 5. The van der Waals surface area contributed by atoms with E-state index in [0.717, 1.165) is 39.8 Å². The molecular formula is C27H28FN5. The Bertz CT molecular complexity index is 1340. The predicted molar refractivity (Wildman–Crippen MR) is 131 cm³/mol. The van der Waals surface area contributed by atoms with Crippen molar-refractivity contribution >= 4 is 16.9 Å². The first-order valence-corrected chi connectivity index (χ1v) is 11.2. The van der Waals surface area contributed by atoms with Gasteiger partial charge in [0, 0.05) is 24.0 Å². The van der Waals surface area contributed by atoms with Gasteiger partial charge in [0.25, 0.3) is 0 Å². The van der Waals surface area contributed by atoms with Gasteiger partial charge in [-0.1, -0.05) is 36.4 Å². The molecule has 2 heterocycles. The lowest BCUT2D eigenvalue weighted by atomic mass is 9.95. The molecule has 33 heavy (non-hydrogen) atoms. The first-order chi connectivity index (χ1) is 15.8. The van der Waals surface area contributed by atoms with Gasteiger partial charge in [-0.2, -0.15) is 0 Å². The lowest BCUT2D eigenvalue weighted by molar-refractivity contribution is 0.424. The predicted octanol–water partition coefficient (Wildman–Crippen LogP) is 5.10. The van der Waals surface area contributed by atoms with Crippen molar-refractivity contribution in [2.24, 2.45) is 0 Å². The summed E-state index contributed by atoms with van der Waals surface area (Å²) in [7, 11) is 0. The van der Waals surface area contributed by atoms with Gasteiger partial charge in [0.2, 0.25) is 5.95 Å². The van der Waals surface area contributed by atoms with E-state index in [4.69, 9.17) is 5.73 Å². The summed E-state index contributed by atoms with van der Waals surface area (Å²) >= 11 is 0. The van der Waals surface area contributed by atoms with E-state index in [1.54, 1.807) is 6.07 Å². The molecule has 4 aromatic rings. The molecule has 6 heteroatoms. The second kappa shape index (κ2) is 8.21. The Hall–Kier alpha value is -3.35. The zero-order valence-corrected chi connectivity index (χ0v) is 19.1. The van der Waals surface area contributed by atoms with Gasteiger partial charge in [-0.15, -0.1) is 0 Å². The zero-order chi connectivity index (χ0) is 23.2. The first-order valence-electron chi connectivity index (χ1n) is 11.2. The van der Waals surface area contributed by atoms with Gasteiger partial charge in [0.05, 0.1) is 17.3 Å². The fourth-order valence-electron chi connectivity index (χ4n) is 4.45. The third-order valence-electron chi connectivity index (χ3n) is 6.07. The Morgan fingerprint density at radius 2 is 1.88 bits per heavy atom. The van der Waals surface area contributed by atoms with Crippen molar-refractivity contribution in [3.63, 3.8) is 0 Å². The summed E-state index contributed by atoms with van der Waals surface area (Å²) < 4.78 is 14.1. The lowest BCUT2D eigenvalue weighted by Crippen LogP contribution is -2.35. The van der Waals surface area contributed by atoms with Crippen LogP contribution in [-0.2, 0) is 13.1 Å². The second-order valence-corrected chi connectivity index (χ2v) is 9.62. The molecular weight excluding hydrogens is 413 g/mol. The number of nitrogens with one attached hydrogen (secondary N) is 2. The molecule has 0 fully saturated rings. The molecule has 0 spiro atoms. The van der Waals surface area contributed by atoms with E-state index in [0.29, 0.717) is 6.54 Å². The van der Waals surface area contributed by atoms with Gasteiger partial charge >= 0.3 is 0 Å². The molecule has 1 unspecified atom stereocenters. The van der Waals surface area contributed by atoms with Crippen molar-refractivity contribution in [2.45, 2.75) is 45.4 Å². The third kappa shape index (κ3) is 4.32. The minimum atomic E-state index is -0.242. The smallest absolute Gasteiger partial charge is 0.220 e. The van der Waals surface area contributed by atoms with E-state index < -0.39 is 0 Å². The Labute approximate surface area is 193 Å². The van der Waals surface area contributed by atoms with Crippen LogP contribution in [0.3, 0.4) is 0 Å². The molecule has 1 aromatic heterocycles. The minimum Gasteiger partial charge on any atom is -0.368 e. The number of benzene rings is 3. The number of aromatic nitrogens is 2. The molecule has 0 aliphatic carbocycles. The summed E-state index contributed by atoms with van der Waals surface area (Å²) in [6, 6.07) is 19.3. The highest BCUT2D eigenvalue weighted by Crippen LogP contribution is 2.36. The van der Waals surface area contributed by atoms with Crippen LogP contribution in [0.2, 0.25) is 0 Å². The van der Waals surface area contributed by atoms with E-state index in [1.807, 2.05) is 24.3 Å². The van der Waals surface area contributed by atoms with Crippen LogP contribution in [-0.4, -0.2) is 15.5 Å². The van der Waals surface area contributed by atoms with E-state index in [2.05, 4.69) is 65.6 Å². The van der Waals surface area contributed by atoms with E-state index >= 15 is 0 Å². The van der Waals surface area contributed by atoms with Crippen LogP contribution in [0.15, 0.2) is 60.7 Å². The summed E-state index contributed by atoms with van der Waals surface area (Å²) in [6.45, 7) is 7.65. The van der Waals surface area contributed by atoms with Gasteiger partial charge in [0.1, 0.15) is 5.82 Å². The Morgan fingerprint density at radius 1 is 1.06 bits per heavy atom. The van der Waals surface area contributed by atoms with Crippen molar-refractivity contribution < 1.29 is 4.39 Å². The van der Waals surface area contributed by atoms with E-state index in [-0.39, 0.29) is 23.3 Å². The topological polar surface area (TPSA) is 75.9 Å². The molecule has 0 amide bonds. The van der Waals surface area contributed by atoms with Crippen molar-refractivity contribution in [2.75, 3.05) is 5.73 Å². The van der Waals surface area contributed by atoms with Crippen LogP contribution >= 0.6 is 0 Å². The van der Waals surface area contributed by atoms with Crippen molar-refractivity contribution in [3.05, 3.63) is 88.9 Å². The van der Waals surface area contributed by atoms with Gasteiger partial charge in [-0.3, -0.25) is 0 Å². The number of anilines is 1. The van der Waals surface area contributed by atoms with Gasteiger partial charge in [-0.05, 0) is 72.9 Å². The maximum absolute atomic E-state index is 14.1. The van der Waals surface area contributed by atoms with Crippen molar-refractivity contribution in [3.8, 4) is 11.1 Å². The molecule has 168 valence electrons. The van der Waals surface area contributed by atoms with Crippen LogP contribution in [0, 0.1) is 5.82 Å². The molecule has 0 saturated heterocycles. The molecule has 0 saturated carbocycles. The van der Waals surface area contributed by atoms with Crippen molar-refractivity contribution in [1.29, 1.82) is 0 Å². The fraction of sp³-hybridized carbons (Fsp3) is 0.259. The number of fused-ring (bicyclic) bond motifs is 2. The monoisotopic (exact) mass is 441 g/mol. The second-order valence-electron chi connectivity index (χ2n) is 9.62. The highest BCUT2D eigenvalue weighted by molar-refractivity contribution is 5.88. The van der Waals surface area contributed by atoms with Gasteiger partial charge < -0.3 is 16.4 Å². The highest BCUT2D eigenvalue weighted by atomic mass is 19.1. The van der Waals surface area contributed by atoms with Crippen molar-refractivity contribution in [1.82, 2.24) is 20.6 Å². The molecule has 5 rings (SSSR count). The average Bonchev–Trinajstić information content (AvgIpc) is 3.20. The zero-order valence-electron chi connectivity index (χ0n) is 19.1. The molecule has 0 radical (unpaired) electrons. The molecule has 1 aliphatic rings. The summed E-state index contributed by atoms with van der Waals surface area (Å²) in [6.07, 6.45) is 0. The third-order valence-corrected chi connectivity index (χ3v) is 6.07. The minimum absolute atomic E-state index is 0.0560. The van der Waals surface area contributed by atoms with Crippen LogP contribution in [0.4, 0.5) is 10.3 Å². The number of hydrogen-bond donors (Lipinski definition) is 3. The van der Waals surface area contributed by atoms with Crippen LogP contribution in [0.5, 0.6) is 0 Å². The number of rotatable bonds is 4. The molecule has 0 bridgehead atoms. The van der Waals surface area contributed by atoms with E-state index in [1.165, 1.54) is 17.2 Å². The number of nitrogen functional groups attached to an aromatic ring is 1. The SMILES string of the molecule is CC(C)(C)NCc1cc(F)ccc1-c1ccc2nc(N)nc(C3NCc4ccccc43)c2c1. The average molecular weight is 442 g/mol. The highest BCUT2D eigenvalue weighted by Gasteiger charge is 2.26. The molecule has 1 atom stereocenters. The largest absolute Gasteiger partial charge is 0.368 e. The normalized spacial score (nSPS) is 15.7. The van der Waals surface area contributed by atoms with Gasteiger partial charge in [-0.25, -0.2) is 14.4 Å². The molecule has 3 aromatic carbocycles.